The first-order valence-electron chi connectivity index (χ1n) is 7.48. The van der Waals surface area contributed by atoms with Crippen LogP contribution in [0.2, 0.25) is 0 Å². The minimum atomic E-state index is 0.475. The van der Waals surface area contributed by atoms with Crippen molar-refractivity contribution in [2.75, 3.05) is 0 Å². The van der Waals surface area contributed by atoms with Gasteiger partial charge in [-0.3, -0.25) is 0 Å². The van der Waals surface area contributed by atoms with Crippen molar-refractivity contribution in [1.82, 2.24) is 5.32 Å². The lowest BCUT2D eigenvalue weighted by Gasteiger charge is -2.22. The third-order valence-corrected chi connectivity index (χ3v) is 4.29. The van der Waals surface area contributed by atoms with Crippen LogP contribution in [0.1, 0.15) is 63.1 Å². The highest BCUT2D eigenvalue weighted by atomic mass is 14.9. The molecule has 3 atom stereocenters. The van der Waals surface area contributed by atoms with Crippen LogP contribution in [0.4, 0.5) is 0 Å². The molecule has 3 unspecified atom stereocenters. The summed E-state index contributed by atoms with van der Waals surface area (Å²) in [5.74, 6) is 0.922. The maximum absolute atomic E-state index is 3.82. The van der Waals surface area contributed by atoms with Gasteiger partial charge in [0, 0.05) is 12.1 Å². The summed E-state index contributed by atoms with van der Waals surface area (Å²) in [6.07, 6.45) is 6.88. The Balaban J connectivity index is 1.92. The van der Waals surface area contributed by atoms with Crippen molar-refractivity contribution in [3.05, 3.63) is 35.4 Å². The maximum atomic E-state index is 3.82. The summed E-state index contributed by atoms with van der Waals surface area (Å²) in [5, 5.41) is 3.82. The van der Waals surface area contributed by atoms with Gasteiger partial charge < -0.3 is 5.32 Å². The summed E-state index contributed by atoms with van der Waals surface area (Å²) in [6.45, 7) is 6.86. The summed E-state index contributed by atoms with van der Waals surface area (Å²) in [5.41, 5.74) is 2.78. The highest BCUT2D eigenvalue weighted by Crippen LogP contribution is 2.24. The monoisotopic (exact) mass is 245 g/mol. The quantitative estimate of drug-likeness (QED) is 0.767. The minimum Gasteiger partial charge on any atom is -0.307 e. The second-order valence-electron chi connectivity index (χ2n) is 6.11. The Kier molecular flexibility index (Phi) is 4.82. The molecule has 1 aromatic carbocycles. The molecule has 1 aliphatic rings. The molecule has 2 rings (SSSR count). The van der Waals surface area contributed by atoms with Crippen LogP contribution in [0.5, 0.6) is 0 Å². The number of hydrogen-bond donors (Lipinski definition) is 1. The van der Waals surface area contributed by atoms with E-state index in [1.165, 1.54) is 43.2 Å². The summed E-state index contributed by atoms with van der Waals surface area (Å²) in [7, 11) is 0. The fourth-order valence-electron chi connectivity index (χ4n) is 3.04. The van der Waals surface area contributed by atoms with Crippen molar-refractivity contribution in [1.29, 1.82) is 0 Å². The molecule has 100 valence electrons. The van der Waals surface area contributed by atoms with Gasteiger partial charge in [0.1, 0.15) is 0 Å². The van der Waals surface area contributed by atoms with Crippen LogP contribution in [-0.4, -0.2) is 6.04 Å². The molecule has 0 amide bonds. The molecule has 1 saturated carbocycles. The predicted molar refractivity (Wildman–Crippen MR) is 78.8 cm³/mol. The van der Waals surface area contributed by atoms with Crippen molar-refractivity contribution in [3.8, 4) is 0 Å². The lowest BCUT2D eigenvalue weighted by atomic mass is 10.0. The molecule has 0 saturated heterocycles. The van der Waals surface area contributed by atoms with Gasteiger partial charge in [-0.15, -0.1) is 0 Å². The molecule has 1 N–H and O–H groups in total. The van der Waals surface area contributed by atoms with Gasteiger partial charge in [0.25, 0.3) is 0 Å². The van der Waals surface area contributed by atoms with Gasteiger partial charge in [0.15, 0.2) is 0 Å². The fourth-order valence-corrected chi connectivity index (χ4v) is 3.04. The average molecular weight is 245 g/mol. The highest BCUT2D eigenvalue weighted by molar-refractivity contribution is 5.24. The molecule has 1 heteroatoms. The van der Waals surface area contributed by atoms with E-state index in [0.717, 1.165) is 5.92 Å². The van der Waals surface area contributed by atoms with E-state index in [-0.39, 0.29) is 0 Å². The molecule has 0 heterocycles. The van der Waals surface area contributed by atoms with Crippen molar-refractivity contribution < 1.29 is 0 Å². The smallest absolute Gasteiger partial charge is 0.0294 e. The van der Waals surface area contributed by atoms with Crippen LogP contribution in [0.25, 0.3) is 0 Å². The first kappa shape index (κ1) is 13.6. The lowest BCUT2D eigenvalue weighted by molar-refractivity contribution is 0.408. The Morgan fingerprint density at radius 1 is 1.17 bits per heavy atom. The molecule has 0 spiro atoms. The largest absolute Gasteiger partial charge is 0.307 e. The van der Waals surface area contributed by atoms with Crippen molar-refractivity contribution in [2.45, 2.75) is 65.0 Å². The fraction of sp³-hybridized carbons (Fsp3) is 0.647. The molecule has 1 fully saturated rings. The summed E-state index contributed by atoms with van der Waals surface area (Å²) in [4.78, 5) is 0. The summed E-state index contributed by atoms with van der Waals surface area (Å²) in [6, 6.07) is 10.1. The Hall–Kier alpha value is -0.820. The summed E-state index contributed by atoms with van der Waals surface area (Å²) < 4.78 is 0. The van der Waals surface area contributed by atoms with E-state index in [1.54, 1.807) is 0 Å². The van der Waals surface area contributed by atoms with Crippen molar-refractivity contribution in [3.63, 3.8) is 0 Å². The Morgan fingerprint density at radius 3 is 2.78 bits per heavy atom. The van der Waals surface area contributed by atoms with Gasteiger partial charge in [-0.05, 0) is 44.6 Å². The number of nitrogens with one attached hydrogen (secondary N) is 1. The zero-order valence-electron chi connectivity index (χ0n) is 12.1. The van der Waals surface area contributed by atoms with E-state index in [2.05, 4.69) is 50.4 Å². The van der Waals surface area contributed by atoms with E-state index in [1.807, 2.05) is 0 Å². The topological polar surface area (TPSA) is 12.0 Å². The zero-order chi connectivity index (χ0) is 13.0. The van der Waals surface area contributed by atoms with Crippen LogP contribution >= 0.6 is 0 Å². The Bertz CT molecular complexity index is 372. The molecule has 1 aromatic rings. The molecule has 0 radical (unpaired) electrons. The first-order valence-corrected chi connectivity index (χ1v) is 7.48. The van der Waals surface area contributed by atoms with Gasteiger partial charge >= 0.3 is 0 Å². The zero-order valence-corrected chi connectivity index (χ0v) is 12.1. The second-order valence-corrected chi connectivity index (χ2v) is 6.11. The molecule has 1 aliphatic carbocycles. The van der Waals surface area contributed by atoms with Crippen LogP contribution in [0.3, 0.4) is 0 Å². The normalized spacial score (nSPS) is 26.6. The van der Waals surface area contributed by atoms with Crippen LogP contribution in [0.15, 0.2) is 24.3 Å². The van der Waals surface area contributed by atoms with E-state index in [9.17, 15) is 0 Å². The number of rotatable bonds is 3. The van der Waals surface area contributed by atoms with Crippen LogP contribution in [-0.2, 0) is 0 Å². The Labute approximate surface area is 112 Å². The van der Waals surface area contributed by atoms with Gasteiger partial charge in [-0.1, -0.05) is 49.6 Å². The molecule has 0 bridgehead atoms. The minimum absolute atomic E-state index is 0.475. The molecule has 18 heavy (non-hydrogen) atoms. The predicted octanol–water partition coefficient (Wildman–Crippen LogP) is 4.61. The third-order valence-electron chi connectivity index (χ3n) is 4.29. The van der Waals surface area contributed by atoms with Gasteiger partial charge in [-0.2, -0.15) is 0 Å². The van der Waals surface area contributed by atoms with E-state index in [0.29, 0.717) is 12.1 Å². The van der Waals surface area contributed by atoms with E-state index < -0.39 is 0 Å². The molecular formula is C17H27N. The van der Waals surface area contributed by atoms with Crippen molar-refractivity contribution >= 4 is 0 Å². The molecule has 0 aliphatic heterocycles. The standard InChI is InChI=1S/C17H27N/c1-13-6-5-9-17(11-10-13)18-15(3)16-8-4-7-14(2)12-16/h4,7-8,12-13,15,17-18H,5-6,9-11H2,1-3H3. The average Bonchev–Trinajstić information content (AvgIpc) is 2.54. The van der Waals surface area contributed by atoms with Crippen LogP contribution in [0, 0.1) is 12.8 Å². The highest BCUT2D eigenvalue weighted by Gasteiger charge is 2.18. The van der Waals surface area contributed by atoms with Gasteiger partial charge in [0.05, 0.1) is 0 Å². The Morgan fingerprint density at radius 2 is 2.00 bits per heavy atom. The molecular weight excluding hydrogens is 218 g/mol. The number of hydrogen-bond acceptors (Lipinski definition) is 1. The second kappa shape index (κ2) is 6.38. The third kappa shape index (κ3) is 3.84. The van der Waals surface area contributed by atoms with Gasteiger partial charge in [0.2, 0.25) is 0 Å². The van der Waals surface area contributed by atoms with Gasteiger partial charge in [-0.25, -0.2) is 0 Å². The SMILES string of the molecule is Cc1cccc(C(C)NC2CCCC(C)CC2)c1. The summed E-state index contributed by atoms with van der Waals surface area (Å²) >= 11 is 0. The number of benzene rings is 1. The van der Waals surface area contributed by atoms with E-state index >= 15 is 0 Å². The van der Waals surface area contributed by atoms with Crippen LogP contribution < -0.4 is 5.32 Å². The first-order chi connectivity index (χ1) is 8.65. The van der Waals surface area contributed by atoms with E-state index in [4.69, 9.17) is 0 Å². The number of aryl methyl sites for hydroxylation is 1. The maximum Gasteiger partial charge on any atom is 0.0294 e. The lowest BCUT2D eigenvalue weighted by Crippen LogP contribution is -2.31. The van der Waals surface area contributed by atoms with Crippen molar-refractivity contribution in [2.24, 2.45) is 5.92 Å². The molecule has 1 nitrogen and oxygen atoms in total. The molecule has 0 aromatic heterocycles.